The van der Waals surface area contributed by atoms with Crippen LogP contribution in [0.4, 0.5) is 0 Å². The molecule has 1 fully saturated rings. The van der Waals surface area contributed by atoms with E-state index in [2.05, 4.69) is 4.74 Å². The fourth-order valence-corrected chi connectivity index (χ4v) is 2.65. The number of carbonyl (C=O) groups excluding carboxylic acids is 2. The lowest BCUT2D eigenvalue weighted by atomic mass is 10.3. The highest BCUT2D eigenvalue weighted by Gasteiger charge is 2.38. The molecule has 13 heavy (non-hydrogen) atoms. The van der Waals surface area contributed by atoms with E-state index in [0.29, 0.717) is 5.75 Å². The fourth-order valence-electron chi connectivity index (χ4n) is 1.44. The van der Waals surface area contributed by atoms with Crippen LogP contribution < -0.4 is 0 Å². The maximum Gasteiger partial charge on any atom is 0.329 e. The summed E-state index contributed by atoms with van der Waals surface area (Å²) in [6.07, 6.45) is 0. The van der Waals surface area contributed by atoms with Crippen LogP contribution >= 0.6 is 11.8 Å². The van der Waals surface area contributed by atoms with Crippen LogP contribution in [0.3, 0.4) is 0 Å². The van der Waals surface area contributed by atoms with Crippen molar-refractivity contribution >= 4 is 23.6 Å². The third-order valence-electron chi connectivity index (χ3n) is 2.06. The maximum atomic E-state index is 11.2. The first-order valence-electron chi connectivity index (χ1n) is 4.06. The second-order valence-electron chi connectivity index (χ2n) is 2.90. The normalized spacial score (nSPS) is 27.5. The molecule has 0 aliphatic carbocycles. The quantitative estimate of drug-likeness (QED) is 0.581. The van der Waals surface area contributed by atoms with Gasteiger partial charge in [-0.15, -0.1) is 11.8 Å². The molecule has 0 unspecified atom stereocenters. The van der Waals surface area contributed by atoms with Gasteiger partial charge in [0.05, 0.1) is 12.5 Å². The summed E-state index contributed by atoms with van der Waals surface area (Å²) in [6.45, 7) is 3.38. The minimum atomic E-state index is -0.400. The topological polar surface area (TPSA) is 46.6 Å². The highest BCUT2D eigenvalue weighted by atomic mass is 32.2. The second-order valence-corrected chi connectivity index (χ2v) is 4.25. The summed E-state index contributed by atoms with van der Waals surface area (Å²) in [4.78, 5) is 24.0. The van der Waals surface area contributed by atoms with Crippen molar-refractivity contribution in [3.05, 3.63) is 0 Å². The zero-order valence-corrected chi connectivity index (χ0v) is 8.76. The molecule has 0 aromatic carbocycles. The Morgan fingerprint density at radius 1 is 1.54 bits per heavy atom. The van der Waals surface area contributed by atoms with E-state index in [0.717, 1.165) is 0 Å². The van der Waals surface area contributed by atoms with E-state index in [4.69, 9.17) is 0 Å². The number of hydrogen-bond donors (Lipinski definition) is 0. The summed E-state index contributed by atoms with van der Waals surface area (Å²) in [5, 5.41) is 0.0709. The molecule has 74 valence electrons. The number of thioether (sulfide) groups is 1. The minimum Gasteiger partial charge on any atom is -0.467 e. The lowest BCUT2D eigenvalue weighted by molar-refractivity contribution is -0.150. The van der Waals surface area contributed by atoms with Gasteiger partial charge in [0.1, 0.15) is 6.04 Å². The molecule has 4 nitrogen and oxygen atoms in total. The lowest BCUT2D eigenvalue weighted by Crippen LogP contribution is -2.44. The molecule has 1 aliphatic heterocycles. The maximum absolute atomic E-state index is 11.2. The minimum absolute atomic E-state index is 0.0709. The van der Waals surface area contributed by atoms with E-state index in [1.807, 2.05) is 6.92 Å². The van der Waals surface area contributed by atoms with Crippen LogP contribution in [0.1, 0.15) is 13.8 Å². The van der Waals surface area contributed by atoms with Crippen LogP contribution in [0.5, 0.6) is 0 Å². The number of rotatable bonds is 1. The van der Waals surface area contributed by atoms with Crippen LogP contribution in [0.15, 0.2) is 0 Å². The molecule has 1 saturated heterocycles. The van der Waals surface area contributed by atoms with Crippen molar-refractivity contribution in [2.75, 3.05) is 12.9 Å². The van der Waals surface area contributed by atoms with Crippen molar-refractivity contribution in [1.29, 1.82) is 0 Å². The van der Waals surface area contributed by atoms with Gasteiger partial charge in [0.2, 0.25) is 5.91 Å². The molecule has 5 heteroatoms. The third kappa shape index (κ3) is 1.96. The Morgan fingerprint density at radius 2 is 2.15 bits per heavy atom. The van der Waals surface area contributed by atoms with E-state index < -0.39 is 6.04 Å². The van der Waals surface area contributed by atoms with Gasteiger partial charge in [0, 0.05) is 12.7 Å². The van der Waals surface area contributed by atoms with Gasteiger partial charge in [-0.3, -0.25) is 4.79 Å². The standard InChI is InChI=1S/C8H13NO3S/c1-5(10)9-6(2)13-4-7(9)8(11)12-3/h6-7H,4H2,1-3H3/t6-,7-/m0/s1. The van der Waals surface area contributed by atoms with Crippen LogP contribution in [0.2, 0.25) is 0 Å². The first-order chi connectivity index (χ1) is 6.07. The molecule has 0 N–H and O–H groups in total. The predicted molar refractivity (Wildman–Crippen MR) is 50.2 cm³/mol. The van der Waals surface area contributed by atoms with Gasteiger partial charge in [-0.1, -0.05) is 0 Å². The molecule has 0 aromatic heterocycles. The van der Waals surface area contributed by atoms with Gasteiger partial charge in [-0.05, 0) is 6.92 Å². The summed E-state index contributed by atoms with van der Waals surface area (Å²) >= 11 is 1.59. The molecule has 2 atom stereocenters. The van der Waals surface area contributed by atoms with Crippen LogP contribution in [-0.4, -0.2) is 41.1 Å². The van der Waals surface area contributed by atoms with E-state index in [9.17, 15) is 9.59 Å². The molecule has 0 bridgehead atoms. The SMILES string of the molecule is COC(=O)[C@@H]1CS[C@@H](C)N1C(C)=O. The van der Waals surface area contributed by atoms with Crippen LogP contribution in [0, 0.1) is 0 Å². The van der Waals surface area contributed by atoms with Gasteiger partial charge in [0.15, 0.2) is 0 Å². The van der Waals surface area contributed by atoms with Crippen molar-refractivity contribution in [1.82, 2.24) is 4.90 Å². The number of amides is 1. The molecule has 1 amide bonds. The number of nitrogens with zero attached hydrogens (tertiary/aromatic N) is 1. The zero-order chi connectivity index (χ0) is 10.0. The largest absolute Gasteiger partial charge is 0.467 e. The number of methoxy groups -OCH3 is 1. The summed E-state index contributed by atoms with van der Waals surface area (Å²) < 4.78 is 4.62. The Labute approximate surface area is 81.6 Å². The molecule has 0 radical (unpaired) electrons. The number of carbonyl (C=O) groups is 2. The van der Waals surface area contributed by atoms with Crippen molar-refractivity contribution in [2.24, 2.45) is 0 Å². The van der Waals surface area contributed by atoms with Crippen LogP contribution in [0.25, 0.3) is 0 Å². The molecule has 1 aliphatic rings. The molecule has 0 aromatic rings. The number of hydrogen-bond acceptors (Lipinski definition) is 4. The second kappa shape index (κ2) is 4.00. The van der Waals surface area contributed by atoms with Crippen molar-refractivity contribution in [2.45, 2.75) is 25.3 Å². The lowest BCUT2D eigenvalue weighted by Gasteiger charge is -2.23. The first kappa shape index (κ1) is 10.4. The molecule has 1 rings (SSSR count). The Bertz CT molecular complexity index is 231. The van der Waals surface area contributed by atoms with E-state index >= 15 is 0 Å². The summed E-state index contributed by atoms with van der Waals surface area (Å²) in [5.74, 6) is 0.230. The Kier molecular flexibility index (Phi) is 3.19. The van der Waals surface area contributed by atoms with Crippen molar-refractivity contribution in [3.8, 4) is 0 Å². The monoisotopic (exact) mass is 203 g/mol. The number of esters is 1. The van der Waals surface area contributed by atoms with E-state index in [1.54, 1.807) is 16.7 Å². The predicted octanol–water partition coefficient (Wildman–Crippen LogP) is 0.469. The summed E-state index contributed by atoms with van der Waals surface area (Å²) in [6, 6.07) is -0.400. The fraction of sp³-hybridized carbons (Fsp3) is 0.750. The van der Waals surface area contributed by atoms with E-state index in [1.165, 1.54) is 14.0 Å². The van der Waals surface area contributed by atoms with E-state index in [-0.39, 0.29) is 17.3 Å². The molecule has 1 heterocycles. The van der Waals surface area contributed by atoms with Gasteiger partial charge in [-0.25, -0.2) is 4.79 Å². The summed E-state index contributed by atoms with van der Waals surface area (Å²) in [7, 11) is 1.34. The Morgan fingerprint density at radius 3 is 2.62 bits per heavy atom. The highest BCUT2D eigenvalue weighted by Crippen LogP contribution is 2.28. The molecule has 0 spiro atoms. The van der Waals surface area contributed by atoms with Gasteiger partial charge in [-0.2, -0.15) is 0 Å². The summed E-state index contributed by atoms with van der Waals surface area (Å²) in [5.41, 5.74) is 0. The first-order valence-corrected chi connectivity index (χ1v) is 5.11. The average Bonchev–Trinajstić information content (AvgIpc) is 2.45. The van der Waals surface area contributed by atoms with Gasteiger partial charge < -0.3 is 9.64 Å². The molecular weight excluding hydrogens is 190 g/mol. The Balaban J connectivity index is 2.75. The molecule has 0 saturated carbocycles. The highest BCUT2D eigenvalue weighted by molar-refractivity contribution is 8.00. The smallest absolute Gasteiger partial charge is 0.329 e. The zero-order valence-electron chi connectivity index (χ0n) is 7.94. The van der Waals surface area contributed by atoms with Gasteiger partial charge in [0.25, 0.3) is 0 Å². The third-order valence-corrected chi connectivity index (χ3v) is 3.28. The Hall–Kier alpha value is -0.710. The molecular formula is C8H13NO3S. The average molecular weight is 203 g/mol. The van der Waals surface area contributed by atoms with Crippen molar-refractivity contribution in [3.63, 3.8) is 0 Å². The van der Waals surface area contributed by atoms with Gasteiger partial charge >= 0.3 is 5.97 Å². The van der Waals surface area contributed by atoms with Crippen molar-refractivity contribution < 1.29 is 14.3 Å². The number of ether oxygens (including phenoxy) is 1. The van der Waals surface area contributed by atoms with Crippen LogP contribution in [-0.2, 0) is 14.3 Å².